The number of nitrogen functional groups attached to an aromatic ring is 4. The van der Waals surface area contributed by atoms with E-state index in [1.54, 1.807) is 146 Å². The van der Waals surface area contributed by atoms with Gasteiger partial charge in [-0.15, -0.1) is 0 Å². The number of carbonyl (C=O) groups is 5. The second-order valence-corrected chi connectivity index (χ2v) is 39.1. The number of alkyl carbamates (subject to hydrolysis) is 1. The van der Waals surface area contributed by atoms with Crippen LogP contribution in [-0.4, -0.2) is 173 Å². The minimum Gasteiger partial charge on any atom is -0.453 e. The molecule has 16 rings (SSSR count). The van der Waals surface area contributed by atoms with Gasteiger partial charge in [0.2, 0.25) is 10.0 Å². The van der Waals surface area contributed by atoms with Crippen LogP contribution < -0.4 is 54.2 Å². The van der Waals surface area contributed by atoms with E-state index in [1.165, 1.54) is 55.6 Å². The van der Waals surface area contributed by atoms with Crippen LogP contribution in [0, 0.1) is 23.3 Å². The predicted octanol–water partition coefficient (Wildman–Crippen LogP) is 15.9. The number of methoxy groups -OCH3 is 1. The normalized spacial score (nSPS) is 18.6. The Morgan fingerprint density at radius 3 is 0.819 bits per heavy atom. The predicted molar refractivity (Wildman–Crippen MR) is 540 cm³/mol. The van der Waals surface area contributed by atoms with Gasteiger partial charge >= 0.3 is 6.09 Å². The largest absolute Gasteiger partial charge is 0.453 e. The van der Waals surface area contributed by atoms with Crippen molar-refractivity contribution < 1.29 is 85.3 Å². The molecule has 4 fully saturated rings. The van der Waals surface area contributed by atoms with Crippen molar-refractivity contribution in [2.75, 3.05) is 62.7 Å². The van der Waals surface area contributed by atoms with Gasteiger partial charge in [-0.3, -0.25) is 19.2 Å². The molecule has 4 aromatic heterocycles. The lowest BCUT2D eigenvalue weighted by Crippen LogP contribution is -2.37. The van der Waals surface area contributed by atoms with Gasteiger partial charge in [0.25, 0.3) is 23.6 Å². The number of hydrogen-bond donors (Lipinski definition) is 16. The van der Waals surface area contributed by atoms with Crippen molar-refractivity contribution in [3.05, 3.63) is 305 Å². The number of amides is 5. The fourth-order valence-electron chi connectivity index (χ4n) is 17.8. The standard InChI is InChI=1S/C27H29ClFN5O4.C26H29ClFN5O4S.2C25H26ClFN4O3/c1-38-27(37)32-19-8-5-15(6-9-19)22-13-31-25(30)24(33-22)17-7-10-20(21(29)12-17)26(36)34-23(14-35)16-3-2-4-18(28)11-16;1-38(36,37)33-19-8-5-15(6-9-19)22-13-30-25(29)24(31-22)17-7-10-20(21(28)12-17)26(35)32-23(14-34)16-3-2-4-18(27)11-16;2*26-17-3-1-2-15(10-17)22(13-32)31-25(34)19-9-6-16(11-20(19)27)23-24(28)29-12-21(30-23)14-4-7-18(33)8-5-14/h2-4,7,10-13,15,19,23,35H,5-6,8-9,14H2,1H3,(H2,30,31)(H,32,37)(H,34,36);2-4,7,10-13,15,19,23,33-34H,5-6,8-9,14H2,1H3,(H2,29,30)(H,32,35);2*1-3,6,9-12,14,18,22,32-33H,4-5,7-8,13H2,(H2,28,29)(H,31,34)/t2*15?,19?,23-;2*14?,18?,22-/m1111/s1. The lowest BCUT2D eigenvalue weighted by atomic mass is 9.84. The number of anilines is 4. The number of rotatable bonds is 27. The topological polar surface area (TPSA) is 529 Å². The van der Waals surface area contributed by atoms with Gasteiger partial charge in [-0.05, 0) is 222 Å². The molecule has 0 unspecified atom stereocenters. The molecule has 0 aliphatic heterocycles. The number of benzene rings is 8. The van der Waals surface area contributed by atoms with E-state index in [1.807, 2.05) is 0 Å². The van der Waals surface area contributed by atoms with Crippen LogP contribution in [0.2, 0.25) is 20.1 Å². The van der Waals surface area contributed by atoms with Crippen LogP contribution in [0.3, 0.4) is 0 Å². The van der Waals surface area contributed by atoms with Gasteiger partial charge in [0.15, 0.2) is 0 Å². The van der Waals surface area contributed by atoms with Gasteiger partial charge in [0.1, 0.15) is 69.3 Å². The number of carbonyl (C=O) groups excluding carboxylic acids is 5. The summed E-state index contributed by atoms with van der Waals surface area (Å²) < 4.78 is 90.5. The van der Waals surface area contributed by atoms with Gasteiger partial charge in [0.05, 0.1) is 146 Å². The summed E-state index contributed by atoms with van der Waals surface area (Å²) in [4.78, 5) is 98.1. The van der Waals surface area contributed by atoms with Crippen LogP contribution in [-0.2, 0) is 14.8 Å². The molecule has 0 spiro atoms. The minimum atomic E-state index is -3.27. The first-order valence-electron chi connectivity index (χ1n) is 46.6. The molecule has 41 heteroatoms. The molecule has 12 aromatic rings. The van der Waals surface area contributed by atoms with E-state index in [0.717, 1.165) is 87.5 Å². The maximum Gasteiger partial charge on any atom is 0.407 e. The third kappa shape index (κ3) is 29.0. The monoisotopic (exact) mass is 2070 g/mol. The Bertz CT molecular complexity index is 6500. The van der Waals surface area contributed by atoms with Crippen molar-refractivity contribution in [1.29, 1.82) is 0 Å². The number of hydrogen-bond acceptors (Lipinski definition) is 26. The first-order valence-corrected chi connectivity index (χ1v) is 50.0. The highest BCUT2D eigenvalue weighted by Crippen LogP contribution is 2.41. The van der Waals surface area contributed by atoms with Gasteiger partial charge in [0, 0.05) is 78.1 Å². The first kappa shape index (κ1) is 108. The molecule has 0 saturated heterocycles. The Morgan fingerprint density at radius 1 is 0.368 bits per heavy atom. The first-order chi connectivity index (χ1) is 69.0. The van der Waals surface area contributed by atoms with E-state index in [-0.39, 0.29) is 113 Å². The number of ether oxygens (including phenoxy) is 1. The molecule has 4 aliphatic carbocycles. The summed E-state index contributed by atoms with van der Waals surface area (Å²) in [6, 6.07) is 40.2. The molecule has 758 valence electrons. The number of sulfonamides is 1. The smallest absolute Gasteiger partial charge is 0.407 e. The number of aliphatic hydroxyl groups is 6. The molecular formula is C103H110Cl4F4N18O14S. The molecule has 20 N–H and O–H groups in total. The molecule has 0 radical (unpaired) electrons. The van der Waals surface area contributed by atoms with E-state index in [0.29, 0.717) is 132 Å². The highest BCUT2D eigenvalue weighted by molar-refractivity contribution is 7.88. The summed E-state index contributed by atoms with van der Waals surface area (Å²) in [6.07, 6.45) is 18.5. The van der Waals surface area contributed by atoms with Crippen LogP contribution >= 0.6 is 46.4 Å². The molecule has 0 bridgehead atoms. The van der Waals surface area contributed by atoms with E-state index < -0.39 is 93.8 Å². The number of nitrogens with two attached hydrogens (primary N) is 4. The minimum absolute atomic E-state index is 0.0389. The molecule has 8 aromatic carbocycles. The Kier molecular flexibility index (Phi) is 37.9. The lowest BCUT2D eigenvalue weighted by molar-refractivity contribution is 0.0904. The Balaban J connectivity index is 0.000000161. The second kappa shape index (κ2) is 50.5. The number of nitrogens with one attached hydrogen (secondary N) is 6. The van der Waals surface area contributed by atoms with Crippen molar-refractivity contribution in [2.45, 2.75) is 175 Å². The number of nitrogens with zero attached hydrogens (tertiary/aromatic N) is 8. The molecular weight excluding hydrogens is 1960 g/mol. The van der Waals surface area contributed by atoms with Crippen LogP contribution in [0.5, 0.6) is 0 Å². The van der Waals surface area contributed by atoms with Crippen LogP contribution in [0.25, 0.3) is 45.0 Å². The van der Waals surface area contributed by atoms with Crippen LogP contribution in [0.15, 0.2) is 195 Å². The third-order valence-electron chi connectivity index (χ3n) is 25.6. The fraction of sp³-hybridized carbons (Fsp3) is 0.330. The lowest BCUT2D eigenvalue weighted by Gasteiger charge is -2.28. The Morgan fingerprint density at radius 2 is 0.604 bits per heavy atom. The van der Waals surface area contributed by atoms with Crippen molar-refractivity contribution in [3.8, 4) is 45.0 Å². The number of halogens is 8. The Hall–Kier alpha value is -13.0. The highest BCUT2D eigenvalue weighted by Gasteiger charge is 2.33. The van der Waals surface area contributed by atoms with E-state index in [2.05, 4.69) is 75.9 Å². The van der Waals surface area contributed by atoms with Gasteiger partial charge in [-0.25, -0.2) is 75.4 Å². The third-order valence-corrected chi connectivity index (χ3v) is 27.3. The van der Waals surface area contributed by atoms with Crippen LogP contribution in [0.4, 0.5) is 45.6 Å². The molecule has 5 amide bonds. The van der Waals surface area contributed by atoms with E-state index in [9.17, 15) is 71.8 Å². The molecule has 4 atom stereocenters. The zero-order valence-electron chi connectivity index (χ0n) is 78.3. The Labute approximate surface area is 848 Å². The molecule has 144 heavy (non-hydrogen) atoms. The molecule has 4 saturated carbocycles. The summed E-state index contributed by atoms with van der Waals surface area (Å²) in [6.45, 7) is -1.52. The molecule has 4 aliphatic rings. The summed E-state index contributed by atoms with van der Waals surface area (Å²) in [5.74, 6) is -4.64. The molecule has 32 nitrogen and oxygen atoms in total. The summed E-state index contributed by atoms with van der Waals surface area (Å²) >= 11 is 24.0. The number of aliphatic hydroxyl groups excluding tert-OH is 6. The van der Waals surface area contributed by atoms with Crippen molar-refractivity contribution in [2.24, 2.45) is 0 Å². The second-order valence-electron chi connectivity index (χ2n) is 35.6. The van der Waals surface area contributed by atoms with Gasteiger partial charge in [-0.2, -0.15) is 0 Å². The van der Waals surface area contributed by atoms with Gasteiger partial charge < -0.3 is 84.9 Å². The van der Waals surface area contributed by atoms with Crippen molar-refractivity contribution >= 4 is 109 Å². The van der Waals surface area contributed by atoms with Crippen molar-refractivity contribution in [3.63, 3.8) is 0 Å². The highest BCUT2D eigenvalue weighted by atomic mass is 35.5. The summed E-state index contributed by atoms with van der Waals surface area (Å²) in [7, 11) is -1.93. The maximum atomic E-state index is 15.1. The van der Waals surface area contributed by atoms with E-state index >= 15 is 8.78 Å². The average Bonchev–Trinajstić information content (AvgIpc) is 0.803. The maximum absolute atomic E-state index is 15.1. The quantitative estimate of drug-likeness (QED) is 0.0213. The van der Waals surface area contributed by atoms with Crippen LogP contribution in [0.1, 0.15) is 237 Å². The average molecular weight is 2070 g/mol. The summed E-state index contributed by atoms with van der Waals surface area (Å²) in [5.41, 5.74) is 31.7. The fourth-order valence-corrected chi connectivity index (χ4v) is 19.4. The zero-order valence-corrected chi connectivity index (χ0v) is 82.2. The number of aromatic nitrogens is 8. The zero-order chi connectivity index (χ0) is 103. The van der Waals surface area contributed by atoms with E-state index in [4.69, 9.17) is 69.3 Å². The SMILES string of the molecule is COC(=O)NC1CCC(c2cnc(N)c(-c3ccc(C(=O)N[C@H](CO)c4cccc(Cl)c4)c(F)c3)n2)CC1.CS(=O)(=O)NC1CCC(c2cnc(N)c(-c3ccc(C(=O)N[C@H](CO)c4cccc(Cl)c4)c(F)c3)n2)CC1.Nc1ncc(C2CCC(O)CC2)nc1-c1ccc(C(=O)N[C@H](CO)c2cccc(Cl)c2)c(F)c1.Nc1ncc(C2CCC(O)CC2)nc1-c1ccc(C(=O)N[C@H](CO)c2cccc(Cl)c2)c(F)c1. The van der Waals surface area contributed by atoms with Crippen molar-refractivity contribution in [1.82, 2.24) is 71.2 Å². The summed E-state index contributed by atoms with van der Waals surface area (Å²) in [5, 5.41) is 73.6. The van der Waals surface area contributed by atoms with Gasteiger partial charge in [-0.1, -0.05) is 119 Å². The molecule has 4 heterocycles.